The number of aromatic nitrogens is 6. The van der Waals surface area contributed by atoms with Gasteiger partial charge in [-0.25, -0.2) is 4.79 Å². The predicted octanol–water partition coefficient (Wildman–Crippen LogP) is 2.25. The molecule has 1 saturated heterocycles. The molecule has 4 rings (SSSR count). The summed E-state index contributed by atoms with van der Waals surface area (Å²) in [6, 6.07) is 0. The smallest absolute Gasteiger partial charge is 0.329 e. The minimum absolute atomic E-state index is 0.377. The number of aryl methyl sites for hydroxylation is 3. The Labute approximate surface area is 182 Å². The predicted molar refractivity (Wildman–Crippen MR) is 121 cm³/mol. The lowest BCUT2D eigenvalue weighted by atomic mass is 9.92. The number of aromatic amines is 1. The molecule has 0 unspecified atom stereocenters. The molecule has 11 heteroatoms. The van der Waals surface area contributed by atoms with Crippen molar-refractivity contribution < 1.29 is 0 Å². The number of fused-ring (bicyclic) bond motifs is 1. The summed E-state index contributed by atoms with van der Waals surface area (Å²) in [6.07, 6.45) is 2.04. The van der Waals surface area contributed by atoms with Crippen LogP contribution >= 0.6 is 23.1 Å². The monoisotopic (exact) mass is 449 g/mol. The normalized spacial score (nSPS) is 19.7. The molecule has 162 valence electrons. The molecule has 3 aromatic rings. The molecule has 9 nitrogen and oxygen atoms in total. The molecular formula is C19H27N7O2S2. The summed E-state index contributed by atoms with van der Waals surface area (Å²) in [5.74, 6) is 2.76. The van der Waals surface area contributed by atoms with Gasteiger partial charge in [0.15, 0.2) is 15.5 Å². The van der Waals surface area contributed by atoms with Gasteiger partial charge in [-0.2, -0.15) is 4.98 Å². The average molecular weight is 450 g/mol. The minimum Gasteiger partial charge on any atom is -0.342 e. The van der Waals surface area contributed by atoms with Crippen LogP contribution in [0.3, 0.4) is 0 Å². The average Bonchev–Trinajstić information content (AvgIpc) is 3.26. The van der Waals surface area contributed by atoms with E-state index in [2.05, 4.69) is 33.9 Å². The molecule has 1 N–H and O–H groups in total. The molecular weight excluding hydrogens is 422 g/mol. The van der Waals surface area contributed by atoms with Crippen molar-refractivity contribution in [2.45, 2.75) is 44.5 Å². The number of thioether (sulfide) groups is 1. The summed E-state index contributed by atoms with van der Waals surface area (Å²) >= 11 is 3.27. The van der Waals surface area contributed by atoms with Crippen molar-refractivity contribution in [2.75, 3.05) is 23.7 Å². The number of hydrogen-bond donors (Lipinski definition) is 1. The van der Waals surface area contributed by atoms with Gasteiger partial charge in [0.1, 0.15) is 5.01 Å². The van der Waals surface area contributed by atoms with Gasteiger partial charge >= 0.3 is 5.69 Å². The van der Waals surface area contributed by atoms with Gasteiger partial charge in [-0.15, -0.1) is 10.2 Å². The first kappa shape index (κ1) is 21.1. The number of anilines is 1. The molecule has 0 amide bonds. The molecule has 30 heavy (non-hydrogen) atoms. The highest BCUT2D eigenvalue weighted by Gasteiger charge is 2.27. The standard InChI is InChI=1S/C19H27N7O2S2/c1-11-8-12(2)10-25(9-11)17-20-15-14(16(27)21-18(28)24(15)4)26(17)6-5-7-29-19-23-22-13(3)30-19/h11-12H,5-10H2,1-4H3,(H,21,27,28)/t11-,12+. The van der Waals surface area contributed by atoms with Crippen LogP contribution in [-0.2, 0) is 13.6 Å². The van der Waals surface area contributed by atoms with Crippen molar-refractivity contribution in [3.63, 3.8) is 0 Å². The Hall–Kier alpha value is -2.14. The fourth-order valence-corrected chi connectivity index (χ4v) is 6.03. The maximum atomic E-state index is 12.7. The minimum atomic E-state index is -0.439. The van der Waals surface area contributed by atoms with E-state index in [0.29, 0.717) is 29.5 Å². The van der Waals surface area contributed by atoms with Crippen LogP contribution in [-0.4, -0.2) is 48.1 Å². The number of H-pyrrole nitrogens is 1. The van der Waals surface area contributed by atoms with Crippen molar-refractivity contribution in [1.82, 2.24) is 29.3 Å². The second kappa shape index (κ2) is 8.54. The molecule has 3 aromatic heterocycles. The molecule has 1 aliphatic rings. The molecule has 0 spiro atoms. The molecule has 1 aliphatic heterocycles. The number of rotatable bonds is 6. The highest BCUT2D eigenvalue weighted by molar-refractivity contribution is 8.01. The summed E-state index contributed by atoms with van der Waals surface area (Å²) in [6.45, 7) is 8.90. The van der Waals surface area contributed by atoms with Crippen LogP contribution in [0.15, 0.2) is 13.9 Å². The van der Waals surface area contributed by atoms with Crippen molar-refractivity contribution in [2.24, 2.45) is 18.9 Å². The third-order valence-electron chi connectivity index (χ3n) is 5.40. The number of nitrogens with one attached hydrogen (secondary N) is 1. The van der Waals surface area contributed by atoms with Crippen molar-refractivity contribution in [3.8, 4) is 0 Å². The molecule has 0 saturated carbocycles. The van der Waals surface area contributed by atoms with Gasteiger partial charge in [0.05, 0.1) is 0 Å². The van der Waals surface area contributed by atoms with Gasteiger partial charge in [-0.05, 0) is 31.6 Å². The Kier molecular flexibility index (Phi) is 6.01. The van der Waals surface area contributed by atoms with Gasteiger partial charge in [0.25, 0.3) is 5.56 Å². The fourth-order valence-electron chi connectivity index (χ4n) is 4.22. The largest absolute Gasteiger partial charge is 0.342 e. The summed E-state index contributed by atoms with van der Waals surface area (Å²) in [5.41, 5.74) is 0.0930. The Bertz CT molecular complexity index is 1150. The number of nitrogens with zero attached hydrogens (tertiary/aromatic N) is 6. The second-order valence-electron chi connectivity index (χ2n) is 8.19. The zero-order chi connectivity index (χ0) is 21.4. The van der Waals surface area contributed by atoms with Crippen LogP contribution in [0.1, 0.15) is 31.7 Å². The summed E-state index contributed by atoms with van der Waals surface area (Å²) < 4.78 is 4.37. The van der Waals surface area contributed by atoms with E-state index in [9.17, 15) is 9.59 Å². The lowest BCUT2D eigenvalue weighted by Gasteiger charge is -2.35. The van der Waals surface area contributed by atoms with E-state index >= 15 is 0 Å². The zero-order valence-electron chi connectivity index (χ0n) is 17.7. The molecule has 2 atom stereocenters. The van der Waals surface area contributed by atoms with E-state index in [1.165, 1.54) is 11.0 Å². The van der Waals surface area contributed by atoms with Crippen LogP contribution in [0.5, 0.6) is 0 Å². The fraction of sp³-hybridized carbons (Fsp3) is 0.632. The lowest BCUT2D eigenvalue weighted by Crippen LogP contribution is -2.40. The molecule has 0 aliphatic carbocycles. The first-order chi connectivity index (χ1) is 14.3. The molecule has 4 heterocycles. The van der Waals surface area contributed by atoms with Crippen molar-refractivity contribution in [1.29, 1.82) is 0 Å². The summed E-state index contributed by atoms with van der Waals surface area (Å²) in [5, 5.41) is 9.17. The maximum absolute atomic E-state index is 12.7. The SMILES string of the molecule is Cc1nnc(SCCCn2c(N3C[C@H](C)C[C@H](C)C3)nc3c2c(=O)[nH]c(=O)n3C)s1. The van der Waals surface area contributed by atoms with Crippen LogP contribution in [0.4, 0.5) is 5.95 Å². The molecule has 0 bridgehead atoms. The summed E-state index contributed by atoms with van der Waals surface area (Å²) in [4.78, 5) is 34.3. The van der Waals surface area contributed by atoms with Crippen LogP contribution in [0.25, 0.3) is 11.2 Å². The van der Waals surface area contributed by atoms with E-state index in [1.54, 1.807) is 30.1 Å². The van der Waals surface area contributed by atoms with Crippen molar-refractivity contribution in [3.05, 3.63) is 25.8 Å². The van der Waals surface area contributed by atoms with E-state index in [1.807, 2.05) is 11.5 Å². The summed E-state index contributed by atoms with van der Waals surface area (Å²) in [7, 11) is 1.65. The number of hydrogen-bond acceptors (Lipinski definition) is 8. The number of piperidine rings is 1. The molecule has 0 radical (unpaired) electrons. The third kappa shape index (κ3) is 4.18. The maximum Gasteiger partial charge on any atom is 0.329 e. The number of imidazole rings is 1. The Balaban J connectivity index is 1.65. The Morgan fingerprint density at radius 3 is 2.60 bits per heavy atom. The molecule has 0 aromatic carbocycles. The Morgan fingerprint density at radius 2 is 1.93 bits per heavy atom. The van der Waals surface area contributed by atoms with E-state index in [-0.39, 0.29) is 5.56 Å². The first-order valence-electron chi connectivity index (χ1n) is 10.2. The topological polar surface area (TPSA) is 102 Å². The van der Waals surface area contributed by atoms with E-state index in [0.717, 1.165) is 40.6 Å². The Morgan fingerprint density at radius 1 is 1.20 bits per heavy atom. The molecule has 1 fully saturated rings. The second-order valence-corrected chi connectivity index (χ2v) is 10.7. The van der Waals surface area contributed by atoms with Gasteiger partial charge in [0, 0.05) is 32.4 Å². The first-order valence-corrected chi connectivity index (χ1v) is 12.0. The van der Waals surface area contributed by atoms with Gasteiger partial charge < -0.3 is 9.47 Å². The van der Waals surface area contributed by atoms with Gasteiger partial charge in [-0.1, -0.05) is 36.9 Å². The van der Waals surface area contributed by atoms with Gasteiger partial charge in [-0.3, -0.25) is 14.3 Å². The van der Waals surface area contributed by atoms with Crippen molar-refractivity contribution >= 4 is 40.2 Å². The quantitative estimate of drug-likeness (QED) is 0.455. The highest BCUT2D eigenvalue weighted by atomic mass is 32.2. The zero-order valence-corrected chi connectivity index (χ0v) is 19.3. The van der Waals surface area contributed by atoms with Crippen LogP contribution < -0.4 is 16.1 Å². The lowest BCUT2D eigenvalue weighted by molar-refractivity contribution is 0.351. The van der Waals surface area contributed by atoms with E-state index < -0.39 is 5.69 Å². The highest BCUT2D eigenvalue weighted by Crippen LogP contribution is 2.28. The van der Waals surface area contributed by atoms with Crippen LogP contribution in [0, 0.1) is 18.8 Å². The van der Waals surface area contributed by atoms with Gasteiger partial charge in [0.2, 0.25) is 5.95 Å². The third-order valence-corrected chi connectivity index (χ3v) is 7.46. The van der Waals surface area contributed by atoms with Crippen LogP contribution in [0.2, 0.25) is 0 Å². The van der Waals surface area contributed by atoms with E-state index in [4.69, 9.17) is 4.98 Å².